The molecule has 0 aliphatic carbocycles. The van der Waals surface area contributed by atoms with Crippen LogP contribution in [-0.4, -0.2) is 17.6 Å². The zero-order chi connectivity index (χ0) is 10.4. The van der Waals surface area contributed by atoms with E-state index in [2.05, 4.69) is 9.85 Å². The average Bonchev–Trinajstić information content (AvgIpc) is 2.18. The van der Waals surface area contributed by atoms with Gasteiger partial charge in [-0.2, -0.15) is 0 Å². The normalized spacial score (nSPS) is 11.1. The summed E-state index contributed by atoms with van der Waals surface area (Å²) in [6, 6.07) is 8.47. The molecule has 0 atom stereocenters. The maximum atomic E-state index is 11.2. The van der Waals surface area contributed by atoms with Gasteiger partial charge in [-0.05, 0) is 0 Å². The van der Waals surface area contributed by atoms with Gasteiger partial charge in [-0.25, -0.2) is 0 Å². The van der Waals surface area contributed by atoms with Gasteiger partial charge in [0, 0.05) is 24.2 Å². The van der Waals surface area contributed by atoms with Gasteiger partial charge < -0.3 is 9.94 Å². The van der Waals surface area contributed by atoms with Crippen LogP contribution in [-0.2, 0) is 9.53 Å². The van der Waals surface area contributed by atoms with E-state index in [1.807, 2.05) is 0 Å². The Morgan fingerprint density at radius 1 is 1.50 bits per heavy atom. The lowest BCUT2D eigenvalue weighted by Gasteiger charge is -1.98. The van der Waals surface area contributed by atoms with Crippen LogP contribution in [0.5, 0.6) is 0 Å². The minimum absolute atomic E-state index is 0.256. The molecule has 1 aromatic rings. The van der Waals surface area contributed by atoms with Gasteiger partial charge in [-0.1, -0.05) is 23.1 Å². The van der Waals surface area contributed by atoms with Crippen molar-refractivity contribution >= 4 is 11.7 Å². The van der Waals surface area contributed by atoms with Crippen molar-refractivity contribution in [1.29, 1.82) is 0 Å². The van der Waals surface area contributed by atoms with Gasteiger partial charge in [0.2, 0.25) is 12.4 Å². The highest BCUT2D eigenvalue weighted by Gasteiger charge is 2.00. The van der Waals surface area contributed by atoms with E-state index in [4.69, 9.17) is 0 Å². The van der Waals surface area contributed by atoms with E-state index in [1.54, 1.807) is 30.3 Å². The molecule has 0 saturated heterocycles. The van der Waals surface area contributed by atoms with Crippen molar-refractivity contribution in [3.8, 4) is 0 Å². The average molecular weight is 194 g/mol. The smallest absolute Gasteiger partial charge is 0.304 e. The van der Waals surface area contributed by atoms with Gasteiger partial charge in [0.05, 0.1) is 0 Å². The first-order valence-electron chi connectivity index (χ1n) is 4.03. The van der Waals surface area contributed by atoms with Gasteiger partial charge >= 0.3 is 5.97 Å². The Morgan fingerprint density at radius 3 is 2.71 bits per heavy atom. The third kappa shape index (κ3) is 3.22. The summed E-state index contributed by atoms with van der Waals surface area (Å²) in [7, 11) is 0. The maximum Gasteiger partial charge on any atom is 0.304 e. The minimum Gasteiger partial charge on any atom is -0.594 e. The topological polar surface area (TPSA) is 64.7 Å². The fourth-order valence-corrected chi connectivity index (χ4v) is 0.809. The second-order valence-electron chi connectivity index (χ2n) is 2.51. The molecule has 14 heavy (non-hydrogen) atoms. The number of azo groups is 1. The van der Waals surface area contributed by atoms with E-state index in [1.165, 1.54) is 6.92 Å². The van der Waals surface area contributed by atoms with Crippen LogP contribution in [0.4, 0.5) is 5.69 Å². The number of ether oxygens (including phenoxy) is 1. The number of hydrogen-bond donors (Lipinski definition) is 0. The molecule has 5 nitrogen and oxygen atoms in total. The van der Waals surface area contributed by atoms with Gasteiger partial charge in [0.15, 0.2) is 0 Å². The summed E-state index contributed by atoms with van der Waals surface area (Å²) in [6.45, 7) is 1.00. The summed E-state index contributed by atoms with van der Waals surface area (Å²) in [5.41, 5.74) is 0.402. The van der Waals surface area contributed by atoms with Crippen LogP contribution in [0.1, 0.15) is 6.92 Å². The summed E-state index contributed by atoms with van der Waals surface area (Å²) >= 11 is 0. The van der Waals surface area contributed by atoms with Crippen LogP contribution in [0.3, 0.4) is 0 Å². The predicted octanol–water partition coefficient (Wildman–Crippen LogP) is 1.80. The van der Waals surface area contributed by atoms with Crippen LogP contribution in [0.2, 0.25) is 0 Å². The molecular weight excluding hydrogens is 184 g/mol. The third-order valence-electron chi connectivity index (χ3n) is 1.43. The second kappa shape index (κ2) is 4.96. The lowest BCUT2D eigenvalue weighted by atomic mass is 10.3. The first-order valence-corrected chi connectivity index (χ1v) is 4.03. The van der Waals surface area contributed by atoms with Gasteiger partial charge in [0.1, 0.15) is 0 Å². The zero-order valence-corrected chi connectivity index (χ0v) is 7.71. The number of benzene rings is 1. The maximum absolute atomic E-state index is 11.2. The lowest BCUT2D eigenvalue weighted by Crippen LogP contribution is -2.01. The molecule has 0 N–H and O–H groups in total. The number of para-hydroxylation sites is 1. The van der Waals surface area contributed by atoms with E-state index in [0.717, 1.165) is 0 Å². The molecule has 0 aliphatic heterocycles. The van der Waals surface area contributed by atoms with E-state index in [9.17, 15) is 10.0 Å². The number of carbonyl (C=O) groups is 1. The second-order valence-corrected chi connectivity index (χ2v) is 2.51. The van der Waals surface area contributed by atoms with Crippen molar-refractivity contribution in [2.75, 3.05) is 6.73 Å². The summed E-state index contributed by atoms with van der Waals surface area (Å²) in [5.74, 6) is -0.463. The first-order chi connectivity index (χ1) is 6.70. The Bertz CT molecular complexity index is 335. The molecule has 0 bridgehead atoms. The number of rotatable bonds is 3. The van der Waals surface area contributed by atoms with Crippen molar-refractivity contribution in [2.24, 2.45) is 5.11 Å². The fraction of sp³-hybridized carbons (Fsp3) is 0.222. The predicted molar refractivity (Wildman–Crippen MR) is 48.8 cm³/mol. The standard InChI is InChI=1S/C9H10N2O3/c1-8(12)14-7-10-11(13)9-5-3-2-4-6-9/h2-6H,7H2,1H3. The van der Waals surface area contributed by atoms with Crippen molar-refractivity contribution in [2.45, 2.75) is 6.92 Å². The van der Waals surface area contributed by atoms with Gasteiger partial charge in [0.25, 0.3) is 0 Å². The molecule has 0 aromatic heterocycles. The Balaban J connectivity index is 2.57. The summed E-state index contributed by atoms with van der Waals surface area (Å²) in [4.78, 5) is 10.8. The highest BCUT2D eigenvalue weighted by Crippen LogP contribution is 2.09. The highest BCUT2D eigenvalue weighted by atomic mass is 16.6. The molecule has 0 fully saturated rings. The third-order valence-corrected chi connectivity index (χ3v) is 1.43. The van der Waals surface area contributed by atoms with Crippen LogP contribution in [0.15, 0.2) is 35.4 Å². The van der Waals surface area contributed by atoms with Crippen molar-refractivity contribution in [1.82, 2.24) is 0 Å². The Kier molecular flexibility index (Phi) is 3.60. The molecule has 5 heteroatoms. The van der Waals surface area contributed by atoms with E-state index in [-0.39, 0.29) is 6.73 Å². The van der Waals surface area contributed by atoms with Crippen molar-refractivity contribution in [3.05, 3.63) is 35.5 Å². The zero-order valence-electron chi connectivity index (χ0n) is 7.71. The molecule has 1 aromatic carbocycles. The number of hydrogen-bond acceptors (Lipinski definition) is 4. The number of nitrogens with zero attached hydrogens (tertiary/aromatic N) is 2. The molecule has 0 aliphatic rings. The summed E-state index contributed by atoms with van der Waals surface area (Å²) in [6.07, 6.45) is 0. The molecular formula is C9H10N2O3. The fourth-order valence-electron chi connectivity index (χ4n) is 0.809. The lowest BCUT2D eigenvalue weighted by molar-refractivity contribution is -0.446. The van der Waals surface area contributed by atoms with Crippen LogP contribution in [0, 0.1) is 5.21 Å². The minimum atomic E-state index is -0.463. The molecule has 74 valence electrons. The van der Waals surface area contributed by atoms with Crippen LogP contribution >= 0.6 is 0 Å². The van der Waals surface area contributed by atoms with E-state index in [0.29, 0.717) is 10.5 Å². The van der Waals surface area contributed by atoms with Crippen molar-refractivity contribution < 1.29 is 14.4 Å². The summed E-state index contributed by atoms with van der Waals surface area (Å²) < 4.78 is 4.49. The van der Waals surface area contributed by atoms with Gasteiger partial charge in [-0.15, -0.1) is 0 Å². The Morgan fingerprint density at radius 2 is 2.14 bits per heavy atom. The number of carbonyl (C=O) groups excluding carboxylic acids is 1. The first kappa shape index (κ1) is 10.2. The highest BCUT2D eigenvalue weighted by molar-refractivity contribution is 5.65. The quantitative estimate of drug-likeness (QED) is 0.319. The van der Waals surface area contributed by atoms with Gasteiger partial charge in [-0.3, -0.25) is 4.79 Å². The van der Waals surface area contributed by atoms with E-state index < -0.39 is 5.97 Å². The monoisotopic (exact) mass is 194 g/mol. The molecule has 1 rings (SSSR count). The van der Waals surface area contributed by atoms with Crippen LogP contribution < -0.4 is 0 Å². The Hall–Kier alpha value is -1.91. The van der Waals surface area contributed by atoms with E-state index >= 15 is 0 Å². The van der Waals surface area contributed by atoms with Crippen molar-refractivity contribution in [3.63, 3.8) is 0 Å². The molecule has 0 amide bonds. The Labute approximate surface area is 81.2 Å². The molecule has 0 unspecified atom stereocenters. The molecule has 0 heterocycles. The SMILES string of the molecule is CC(=O)OCN=[N+]([O-])c1ccccc1. The van der Waals surface area contributed by atoms with Crippen LogP contribution in [0.25, 0.3) is 0 Å². The summed E-state index contributed by atoms with van der Waals surface area (Å²) in [5, 5.41) is 14.7. The largest absolute Gasteiger partial charge is 0.594 e. The number of esters is 1. The molecule has 0 saturated carbocycles. The molecule has 0 spiro atoms. The molecule has 0 radical (unpaired) electrons.